The average Bonchev–Trinajstić information content (AvgIpc) is 2.65. The van der Waals surface area contributed by atoms with E-state index in [1.54, 1.807) is 18.2 Å². The lowest BCUT2D eigenvalue weighted by atomic mass is 10.1. The fourth-order valence-corrected chi connectivity index (χ4v) is 1.25. The fraction of sp³-hybridized carbons (Fsp3) is 0. The van der Waals surface area contributed by atoms with Crippen LogP contribution in [-0.4, -0.2) is 10.2 Å². The summed E-state index contributed by atoms with van der Waals surface area (Å²) in [6.45, 7) is 0. The summed E-state index contributed by atoms with van der Waals surface area (Å²) in [5.74, 6) is -0.147. The lowest BCUT2D eigenvalue weighted by Gasteiger charge is -1.97. The molecule has 0 fully saturated rings. The monoisotopic (exact) mass is 202 g/mol. The van der Waals surface area contributed by atoms with Gasteiger partial charge in [-0.2, -0.15) is 10.4 Å². The van der Waals surface area contributed by atoms with Crippen LogP contribution in [0.15, 0.2) is 24.3 Å². The van der Waals surface area contributed by atoms with Gasteiger partial charge in [-0.3, -0.25) is 5.10 Å². The highest BCUT2D eigenvalue weighted by Gasteiger charge is 2.06. The number of H-pyrrole nitrogens is 1. The molecule has 2 aromatic rings. The Morgan fingerprint density at radius 2 is 2.20 bits per heavy atom. The number of nitrogens with zero attached hydrogens (tertiary/aromatic N) is 2. The van der Waals surface area contributed by atoms with Crippen molar-refractivity contribution in [2.45, 2.75) is 0 Å². The van der Waals surface area contributed by atoms with E-state index < -0.39 is 5.82 Å². The van der Waals surface area contributed by atoms with Crippen LogP contribution in [0.2, 0.25) is 0 Å². The third-order valence-corrected chi connectivity index (χ3v) is 1.98. The summed E-state index contributed by atoms with van der Waals surface area (Å²) < 4.78 is 13.3. The van der Waals surface area contributed by atoms with Crippen molar-refractivity contribution in [1.29, 1.82) is 5.26 Å². The van der Waals surface area contributed by atoms with Crippen LogP contribution >= 0.6 is 0 Å². The lowest BCUT2D eigenvalue weighted by Crippen LogP contribution is -1.85. The minimum absolute atomic E-state index is 0.0160. The number of rotatable bonds is 1. The van der Waals surface area contributed by atoms with Crippen molar-refractivity contribution in [3.05, 3.63) is 35.6 Å². The molecule has 1 aromatic carbocycles. The molecule has 0 unspecified atom stereocenters. The second-order valence-electron chi connectivity index (χ2n) is 3.01. The molecule has 74 valence electrons. The van der Waals surface area contributed by atoms with Crippen LogP contribution in [0, 0.1) is 17.1 Å². The first-order valence-corrected chi connectivity index (χ1v) is 4.21. The van der Waals surface area contributed by atoms with Crippen LogP contribution in [0.5, 0.6) is 0 Å². The van der Waals surface area contributed by atoms with E-state index >= 15 is 0 Å². The van der Waals surface area contributed by atoms with E-state index in [4.69, 9.17) is 11.0 Å². The summed E-state index contributed by atoms with van der Waals surface area (Å²) in [7, 11) is 0. The SMILES string of the molecule is N#Cc1ccc(-c2cc(N)[nH]n2)cc1F. The summed E-state index contributed by atoms with van der Waals surface area (Å²) in [6, 6.07) is 7.64. The number of nitrogens with one attached hydrogen (secondary N) is 1. The molecule has 0 amide bonds. The second kappa shape index (κ2) is 3.42. The molecule has 2 rings (SSSR count). The van der Waals surface area contributed by atoms with Crippen LogP contribution in [0.3, 0.4) is 0 Å². The Kier molecular flexibility index (Phi) is 2.10. The van der Waals surface area contributed by atoms with Gasteiger partial charge < -0.3 is 5.73 Å². The molecule has 0 aliphatic carbocycles. The van der Waals surface area contributed by atoms with E-state index in [0.717, 1.165) is 0 Å². The molecule has 0 aliphatic rings. The molecule has 3 N–H and O–H groups in total. The van der Waals surface area contributed by atoms with Crippen LogP contribution in [-0.2, 0) is 0 Å². The Morgan fingerprint density at radius 3 is 2.73 bits per heavy atom. The molecule has 0 saturated heterocycles. The lowest BCUT2D eigenvalue weighted by molar-refractivity contribution is 0.624. The quantitative estimate of drug-likeness (QED) is 0.738. The van der Waals surface area contributed by atoms with Crippen molar-refractivity contribution in [2.24, 2.45) is 0 Å². The molecular weight excluding hydrogens is 195 g/mol. The number of halogens is 1. The normalized spacial score (nSPS) is 9.87. The molecule has 0 atom stereocenters. The summed E-state index contributed by atoms with van der Waals surface area (Å²) in [6.07, 6.45) is 0. The van der Waals surface area contributed by atoms with E-state index in [-0.39, 0.29) is 5.56 Å². The largest absolute Gasteiger partial charge is 0.384 e. The molecule has 4 nitrogen and oxygen atoms in total. The predicted octanol–water partition coefficient (Wildman–Crippen LogP) is 1.67. The first kappa shape index (κ1) is 9.21. The van der Waals surface area contributed by atoms with Crippen LogP contribution in [0.25, 0.3) is 11.3 Å². The molecular formula is C10H7FN4. The van der Waals surface area contributed by atoms with Gasteiger partial charge in [0.15, 0.2) is 0 Å². The first-order valence-electron chi connectivity index (χ1n) is 4.21. The van der Waals surface area contributed by atoms with Crippen LogP contribution in [0.1, 0.15) is 5.56 Å². The molecule has 0 saturated carbocycles. The smallest absolute Gasteiger partial charge is 0.141 e. The third-order valence-electron chi connectivity index (χ3n) is 1.98. The van der Waals surface area contributed by atoms with Crippen molar-refractivity contribution in [3.8, 4) is 17.3 Å². The number of nitrogen functional groups attached to an aromatic ring is 1. The Labute approximate surface area is 85.1 Å². The maximum absolute atomic E-state index is 13.3. The van der Waals surface area contributed by atoms with Crippen molar-refractivity contribution in [1.82, 2.24) is 10.2 Å². The van der Waals surface area contributed by atoms with Gasteiger partial charge in [-0.15, -0.1) is 0 Å². The van der Waals surface area contributed by atoms with Gasteiger partial charge in [-0.1, -0.05) is 6.07 Å². The van der Waals surface area contributed by atoms with E-state index in [0.29, 0.717) is 17.1 Å². The van der Waals surface area contributed by atoms with Gasteiger partial charge in [-0.25, -0.2) is 4.39 Å². The Hall–Kier alpha value is -2.35. The van der Waals surface area contributed by atoms with Crippen molar-refractivity contribution in [2.75, 3.05) is 5.73 Å². The second-order valence-corrected chi connectivity index (χ2v) is 3.01. The van der Waals surface area contributed by atoms with Gasteiger partial charge in [0.05, 0.1) is 11.3 Å². The highest BCUT2D eigenvalue weighted by molar-refractivity contribution is 5.63. The molecule has 1 heterocycles. The van der Waals surface area contributed by atoms with E-state index in [1.807, 2.05) is 0 Å². The molecule has 0 aliphatic heterocycles. The minimum Gasteiger partial charge on any atom is -0.384 e. The Morgan fingerprint density at radius 1 is 1.40 bits per heavy atom. The topological polar surface area (TPSA) is 78.5 Å². The number of aromatic amines is 1. The Balaban J connectivity index is 2.48. The van der Waals surface area contributed by atoms with Gasteiger partial charge >= 0.3 is 0 Å². The average molecular weight is 202 g/mol. The van der Waals surface area contributed by atoms with Crippen molar-refractivity contribution < 1.29 is 4.39 Å². The van der Waals surface area contributed by atoms with Gasteiger partial charge in [0.25, 0.3) is 0 Å². The Bertz CT molecular complexity index is 539. The van der Waals surface area contributed by atoms with Gasteiger partial charge in [0, 0.05) is 11.6 Å². The first-order chi connectivity index (χ1) is 7.20. The van der Waals surface area contributed by atoms with Gasteiger partial charge in [0.1, 0.15) is 17.7 Å². The summed E-state index contributed by atoms with van der Waals surface area (Å²) in [4.78, 5) is 0. The number of hydrogen-bond donors (Lipinski definition) is 2. The van der Waals surface area contributed by atoms with Crippen LogP contribution in [0.4, 0.5) is 10.2 Å². The zero-order valence-corrected chi connectivity index (χ0v) is 7.66. The van der Waals surface area contributed by atoms with E-state index in [1.165, 1.54) is 12.1 Å². The van der Waals surface area contributed by atoms with Crippen molar-refractivity contribution in [3.63, 3.8) is 0 Å². The number of hydrogen-bond acceptors (Lipinski definition) is 3. The molecule has 5 heteroatoms. The zero-order chi connectivity index (χ0) is 10.8. The van der Waals surface area contributed by atoms with Crippen molar-refractivity contribution >= 4 is 5.82 Å². The zero-order valence-electron chi connectivity index (χ0n) is 7.66. The summed E-state index contributed by atoms with van der Waals surface area (Å²) in [5, 5.41) is 15.0. The molecule has 0 radical (unpaired) electrons. The number of anilines is 1. The highest BCUT2D eigenvalue weighted by Crippen LogP contribution is 2.20. The van der Waals surface area contributed by atoms with Gasteiger partial charge in [-0.05, 0) is 12.1 Å². The maximum Gasteiger partial charge on any atom is 0.141 e. The standard InChI is InChI=1S/C10H7FN4/c11-8-3-6(1-2-7(8)5-12)9-4-10(13)15-14-9/h1-4H,(H3,13,14,15). The fourth-order valence-electron chi connectivity index (χ4n) is 1.25. The summed E-state index contributed by atoms with van der Waals surface area (Å²) in [5.41, 5.74) is 6.60. The molecule has 15 heavy (non-hydrogen) atoms. The number of benzene rings is 1. The van der Waals surface area contributed by atoms with Gasteiger partial charge in [0.2, 0.25) is 0 Å². The molecule has 1 aromatic heterocycles. The number of nitrogens with two attached hydrogens (primary N) is 1. The van der Waals surface area contributed by atoms with Crippen LogP contribution < -0.4 is 5.73 Å². The predicted molar refractivity (Wildman–Crippen MR) is 53.1 cm³/mol. The molecule has 0 bridgehead atoms. The molecule has 0 spiro atoms. The van der Waals surface area contributed by atoms with E-state index in [9.17, 15) is 4.39 Å². The third kappa shape index (κ3) is 1.65. The van der Waals surface area contributed by atoms with E-state index in [2.05, 4.69) is 10.2 Å². The number of nitriles is 1. The summed E-state index contributed by atoms with van der Waals surface area (Å²) >= 11 is 0. The highest BCUT2D eigenvalue weighted by atomic mass is 19.1. The maximum atomic E-state index is 13.3. The number of aromatic nitrogens is 2. The minimum atomic E-state index is -0.559.